The largest absolute Gasteiger partial charge is 0.358 e. The third kappa shape index (κ3) is 1.87. The summed E-state index contributed by atoms with van der Waals surface area (Å²) in [5.74, 6) is 0.625. The van der Waals surface area contributed by atoms with E-state index in [-0.39, 0.29) is 0 Å². The fraction of sp³-hybridized carbons (Fsp3) is 0.308. The molecule has 2 nitrogen and oxygen atoms in total. The van der Waals surface area contributed by atoms with Crippen molar-refractivity contribution in [2.75, 3.05) is 0 Å². The average Bonchev–Trinajstić information content (AvgIpc) is 2.61. The van der Waals surface area contributed by atoms with Gasteiger partial charge in [-0.05, 0) is 30.9 Å². The van der Waals surface area contributed by atoms with Crippen LogP contribution in [0.5, 0.6) is 0 Å². The van der Waals surface area contributed by atoms with Gasteiger partial charge in [0, 0.05) is 11.4 Å². The van der Waals surface area contributed by atoms with Crippen molar-refractivity contribution in [1.82, 2.24) is 4.98 Å². The summed E-state index contributed by atoms with van der Waals surface area (Å²) in [5.41, 5.74) is 3.92. The molecule has 0 fully saturated rings. The maximum atomic E-state index is 8.86. The molecule has 0 radical (unpaired) electrons. The summed E-state index contributed by atoms with van der Waals surface area (Å²) in [6, 6.07) is 4.10. The van der Waals surface area contributed by atoms with Crippen molar-refractivity contribution >= 4 is 5.57 Å². The van der Waals surface area contributed by atoms with Crippen LogP contribution in [0.1, 0.15) is 30.3 Å². The van der Waals surface area contributed by atoms with Gasteiger partial charge in [-0.2, -0.15) is 5.26 Å². The molecule has 1 aliphatic carbocycles. The molecule has 76 valence electrons. The minimum atomic E-state index is 0.625. The first kappa shape index (κ1) is 9.79. The van der Waals surface area contributed by atoms with Crippen LogP contribution in [0.25, 0.3) is 5.57 Å². The molecule has 0 amide bonds. The highest BCUT2D eigenvalue weighted by Gasteiger charge is 2.09. The lowest BCUT2D eigenvalue weighted by Gasteiger charge is -2.10. The Kier molecular flexibility index (Phi) is 2.47. The van der Waals surface area contributed by atoms with E-state index >= 15 is 0 Å². The maximum absolute atomic E-state index is 8.86. The van der Waals surface area contributed by atoms with Gasteiger partial charge in [0.05, 0.1) is 5.56 Å². The van der Waals surface area contributed by atoms with E-state index in [4.69, 9.17) is 5.26 Å². The van der Waals surface area contributed by atoms with E-state index in [9.17, 15) is 0 Å². The number of hydrogen-bond donors (Lipinski definition) is 1. The van der Waals surface area contributed by atoms with Crippen molar-refractivity contribution < 1.29 is 0 Å². The first-order chi connectivity index (χ1) is 7.20. The quantitative estimate of drug-likeness (QED) is 0.739. The number of nitrogens with zero attached hydrogens (tertiary/aromatic N) is 1. The van der Waals surface area contributed by atoms with Crippen molar-refractivity contribution in [2.24, 2.45) is 5.92 Å². The molecular weight excluding hydrogens is 184 g/mol. The normalized spacial score (nSPS) is 19.8. The molecule has 1 aliphatic rings. The maximum Gasteiger partial charge on any atom is 0.101 e. The molecule has 2 rings (SSSR count). The molecule has 1 unspecified atom stereocenters. The molecule has 0 spiro atoms. The van der Waals surface area contributed by atoms with Crippen LogP contribution in [0.2, 0.25) is 0 Å². The monoisotopic (exact) mass is 198 g/mol. The van der Waals surface area contributed by atoms with Crippen LogP contribution in [-0.2, 0) is 0 Å². The average molecular weight is 198 g/mol. The molecule has 0 saturated heterocycles. The van der Waals surface area contributed by atoms with Gasteiger partial charge in [0.15, 0.2) is 0 Å². The summed E-state index contributed by atoms with van der Waals surface area (Å²) in [6.45, 7) is 4.13. The Hall–Kier alpha value is -1.75. The van der Waals surface area contributed by atoms with Crippen molar-refractivity contribution in [3.63, 3.8) is 0 Å². The molecular formula is C13H14N2. The van der Waals surface area contributed by atoms with Gasteiger partial charge in [0.1, 0.15) is 6.07 Å². The molecule has 1 atom stereocenters. The van der Waals surface area contributed by atoms with E-state index < -0.39 is 0 Å². The Morgan fingerprint density at radius 1 is 1.53 bits per heavy atom. The number of rotatable bonds is 1. The fourth-order valence-electron chi connectivity index (χ4n) is 1.76. The number of nitrogens with one attached hydrogen (secondary N) is 1. The summed E-state index contributed by atoms with van der Waals surface area (Å²) in [4.78, 5) is 3.24. The van der Waals surface area contributed by atoms with Gasteiger partial charge in [-0.3, -0.25) is 0 Å². The molecule has 0 aromatic carbocycles. The predicted molar refractivity (Wildman–Crippen MR) is 61.1 cm³/mol. The number of hydrogen-bond acceptors (Lipinski definition) is 1. The summed E-state index contributed by atoms with van der Waals surface area (Å²) in [7, 11) is 0. The van der Waals surface area contributed by atoms with Crippen LogP contribution in [0, 0.1) is 24.2 Å². The molecule has 15 heavy (non-hydrogen) atoms. The van der Waals surface area contributed by atoms with Crippen LogP contribution < -0.4 is 0 Å². The number of aryl methyl sites for hydroxylation is 1. The lowest BCUT2D eigenvalue weighted by Crippen LogP contribution is -1.94. The van der Waals surface area contributed by atoms with Crippen LogP contribution in [-0.4, -0.2) is 4.98 Å². The summed E-state index contributed by atoms with van der Waals surface area (Å²) in [5, 5.41) is 8.86. The third-order valence-electron chi connectivity index (χ3n) is 2.76. The van der Waals surface area contributed by atoms with Gasteiger partial charge in [0.25, 0.3) is 0 Å². The second kappa shape index (κ2) is 3.78. The lowest BCUT2D eigenvalue weighted by atomic mass is 9.97. The van der Waals surface area contributed by atoms with Crippen LogP contribution in [0.3, 0.4) is 0 Å². The fourth-order valence-corrected chi connectivity index (χ4v) is 1.76. The molecule has 0 aliphatic heterocycles. The van der Waals surface area contributed by atoms with Crippen LogP contribution in [0.15, 0.2) is 24.3 Å². The number of H-pyrrole nitrogens is 1. The molecule has 1 aromatic rings. The Labute approximate surface area is 89.9 Å². The van der Waals surface area contributed by atoms with E-state index in [1.54, 1.807) is 0 Å². The highest BCUT2D eigenvalue weighted by molar-refractivity contribution is 5.74. The Morgan fingerprint density at radius 2 is 2.33 bits per heavy atom. The van der Waals surface area contributed by atoms with Gasteiger partial charge in [-0.1, -0.05) is 25.2 Å². The number of aromatic nitrogens is 1. The van der Waals surface area contributed by atoms with E-state index in [1.807, 2.05) is 13.0 Å². The van der Waals surface area contributed by atoms with Crippen LogP contribution >= 0.6 is 0 Å². The van der Waals surface area contributed by atoms with Gasteiger partial charge < -0.3 is 4.98 Å². The predicted octanol–water partition coefficient (Wildman–Crippen LogP) is 3.17. The summed E-state index contributed by atoms with van der Waals surface area (Å²) >= 11 is 0. The Morgan fingerprint density at radius 3 is 2.87 bits per heavy atom. The minimum absolute atomic E-state index is 0.625. The van der Waals surface area contributed by atoms with Gasteiger partial charge in [-0.15, -0.1) is 0 Å². The molecule has 1 heterocycles. The van der Waals surface area contributed by atoms with Crippen LogP contribution in [0.4, 0.5) is 0 Å². The van der Waals surface area contributed by atoms with Crippen molar-refractivity contribution in [1.29, 1.82) is 5.26 Å². The smallest absolute Gasteiger partial charge is 0.101 e. The number of aromatic amines is 1. The number of nitriles is 1. The highest BCUT2D eigenvalue weighted by Crippen LogP contribution is 2.24. The topological polar surface area (TPSA) is 39.6 Å². The lowest BCUT2D eigenvalue weighted by molar-refractivity contribution is 0.739. The zero-order valence-corrected chi connectivity index (χ0v) is 9.04. The zero-order valence-electron chi connectivity index (χ0n) is 9.04. The van der Waals surface area contributed by atoms with Crippen molar-refractivity contribution in [2.45, 2.75) is 20.3 Å². The summed E-state index contributed by atoms with van der Waals surface area (Å²) in [6.07, 6.45) is 7.63. The number of allylic oxidation sites excluding steroid dienone is 4. The molecule has 1 aromatic heterocycles. The van der Waals surface area contributed by atoms with Gasteiger partial charge in [-0.25, -0.2) is 0 Å². The second-order valence-corrected chi connectivity index (χ2v) is 4.07. The highest BCUT2D eigenvalue weighted by atomic mass is 14.7. The Balaban J connectivity index is 2.32. The third-order valence-corrected chi connectivity index (χ3v) is 2.76. The molecule has 1 N–H and O–H groups in total. The van der Waals surface area contributed by atoms with Crippen molar-refractivity contribution in [3.05, 3.63) is 41.2 Å². The first-order valence-electron chi connectivity index (χ1n) is 5.19. The van der Waals surface area contributed by atoms with E-state index in [1.165, 1.54) is 5.57 Å². The SMILES string of the molecule is Cc1[nH]c(C2=CCC(C)C=C2)cc1C#N. The van der Waals surface area contributed by atoms with E-state index in [0.717, 1.165) is 23.4 Å². The van der Waals surface area contributed by atoms with Gasteiger partial charge >= 0.3 is 0 Å². The zero-order chi connectivity index (χ0) is 10.8. The summed E-state index contributed by atoms with van der Waals surface area (Å²) < 4.78 is 0. The molecule has 0 saturated carbocycles. The van der Waals surface area contributed by atoms with E-state index in [2.05, 4.69) is 36.2 Å². The van der Waals surface area contributed by atoms with Gasteiger partial charge in [0.2, 0.25) is 0 Å². The van der Waals surface area contributed by atoms with E-state index in [0.29, 0.717) is 5.92 Å². The second-order valence-electron chi connectivity index (χ2n) is 4.07. The molecule has 2 heteroatoms. The molecule has 0 bridgehead atoms. The van der Waals surface area contributed by atoms with Crippen molar-refractivity contribution in [3.8, 4) is 6.07 Å². The first-order valence-corrected chi connectivity index (χ1v) is 5.19. The Bertz CT molecular complexity index is 469. The standard InChI is InChI=1S/C13H14N2/c1-9-3-5-11(6-4-9)13-7-12(8-14)10(2)15-13/h3,5-7,9,15H,4H2,1-2H3. The minimum Gasteiger partial charge on any atom is -0.358 e.